The Balaban J connectivity index is 1.57. The summed E-state index contributed by atoms with van der Waals surface area (Å²) < 4.78 is 31.0. The van der Waals surface area contributed by atoms with Crippen LogP contribution in [0.15, 0.2) is 82.6 Å². The van der Waals surface area contributed by atoms with Gasteiger partial charge in [0.15, 0.2) is 0 Å². The lowest BCUT2D eigenvalue weighted by atomic mass is 10.1. The second-order valence-corrected chi connectivity index (χ2v) is 9.86. The fourth-order valence-electron chi connectivity index (χ4n) is 3.18. The van der Waals surface area contributed by atoms with E-state index in [4.69, 9.17) is 16.3 Å². The van der Waals surface area contributed by atoms with Gasteiger partial charge in [-0.2, -0.15) is 0 Å². The minimum absolute atomic E-state index is 0.0633. The normalized spacial score (nSPS) is 12.3. The van der Waals surface area contributed by atoms with Crippen LogP contribution in [0.1, 0.15) is 30.6 Å². The lowest BCUT2D eigenvalue weighted by molar-refractivity contribution is -0.134. The number of hydrogen-bond acceptors (Lipinski definition) is 6. The number of sulfone groups is 1. The number of aliphatic hydroxyl groups is 1. The number of benzene rings is 3. The lowest BCUT2D eigenvalue weighted by Gasteiger charge is -2.13. The molecule has 1 atom stereocenters. The van der Waals surface area contributed by atoms with Crippen LogP contribution in [0.2, 0.25) is 5.02 Å². The third-order valence-electron chi connectivity index (χ3n) is 5.03. The zero-order valence-corrected chi connectivity index (χ0v) is 19.8. The molecule has 8 heteroatoms. The quantitative estimate of drug-likeness (QED) is 0.251. The van der Waals surface area contributed by atoms with Crippen molar-refractivity contribution in [2.45, 2.75) is 35.7 Å². The van der Waals surface area contributed by atoms with E-state index in [9.17, 15) is 18.3 Å². The van der Waals surface area contributed by atoms with Crippen molar-refractivity contribution < 1.29 is 23.1 Å². The van der Waals surface area contributed by atoms with Crippen LogP contribution >= 0.6 is 11.6 Å². The Kier molecular flexibility index (Phi) is 8.63. The van der Waals surface area contributed by atoms with Gasteiger partial charge in [-0.1, -0.05) is 48.9 Å². The molecule has 0 aliphatic heterocycles. The van der Waals surface area contributed by atoms with Crippen LogP contribution in [0.5, 0.6) is 5.75 Å². The van der Waals surface area contributed by atoms with E-state index in [-0.39, 0.29) is 22.0 Å². The summed E-state index contributed by atoms with van der Waals surface area (Å²) in [4.78, 5) is 11.7. The van der Waals surface area contributed by atoms with Gasteiger partial charge in [0.25, 0.3) is 0 Å². The van der Waals surface area contributed by atoms with Gasteiger partial charge in [-0.15, -0.1) is 0 Å². The Morgan fingerprint density at radius 3 is 2.45 bits per heavy atom. The van der Waals surface area contributed by atoms with E-state index in [0.29, 0.717) is 24.5 Å². The fraction of sp³-hybridized carbons (Fsp3) is 0.240. The van der Waals surface area contributed by atoms with Crippen molar-refractivity contribution >= 4 is 27.4 Å². The second-order valence-electron chi connectivity index (χ2n) is 7.47. The van der Waals surface area contributed by atoms with Gasteiger partial charge in [0, 0.05) is 18.0 Å². The molecule has 174 valence electrons. The second kappa shape index (κ2) is 11.4. The largest absolute Gasteiger partial charge is 0.426 e. The number of nitrogens with one attached hydrogen (secondary N) is 1. The molecule has 0 saturated carbocycles. The maximum absolute atomic E-state index is 13.0. The van der Waals surface area contributed by atoms with Gasteiger partial charge in [-0.3, -0.25) is 4.79 Å². The molecular formula is C25H26ClNO5S. The first-order chi connectivity index (χ1) is 15.8. The predicted octanol–water partition coefficient (Wildman–Crippen LogP) is 4.35. The summed E-state index contributed by atoms with van der Waals surface area (Å²) in [6.45, 7) is 2.67. The van der Waals surface area contributed by atoms with E-state index < -0.39 is 21.9 Å². The highest BCUT2D eigenvalue weighted by molar-refractivity contribution is 7.91. The third kappa shape index (κ3) is 6.88. The summed E-state index contributed by atoms with van der Waals surface area (Å²) in [5.74, 6) is -0.229. The van der Waals surface area contributed by atoms with E-state index in [0.717, 1.165) is 11.1 Å². The Morgan fingerprint density at radius 2 is 1.76 bits per heavy atom. The summed E-state index contributed by atoms with van der Waals surface area (Å²) in [5.41, 5.74) is 1.71. The summed E-state index contributed by atoms with van der Waals surface area (Å²) in [6.07, 6.45) is 0.210. The van der Waals surface area contributed by atoms with Crippen LogP contribution in [0.3, 0.4) is 0 Å². The summed E-state index contributed by atoms with van der Waals surface area (Å²) >= 11 is 5.95. The van der Waals surface area contributed by atoms with Crippen LogP contribution in [-0.4, -0.2) is 32.6 Å². The molecule has 0 radical (unpaired) electrons. The zero-order chi connectivity index (χ0) is 23.8. The Labute approximate surface area is 199 Å². The fourth-order valence-corrected chi connectivity index (χ4v) is 4.68. The molecule has 3 rings (SSSR count). The number of carbonyl (C=O) groups excluding carboxylic acids is 1. The maximum Gasteiger partial charge on any atom is 0.310 e. The molecule has 0 heterocycles. The average Bonchev–Trinajstić information content (AvgIpc) is 2.82. The summed E-state index contributed by atoms with van der Waals surface area (Å²) in [6, 6.07) is 19.7. The molecule has 1 unspecified atom stereocenters. The Hall–Kier alpha value is -2.71. The first-order valence-corrected chi connectivity index (χ1v) is 12.4. The van der Waals surface area contributed by atoms with Crippen molar-refractivity contribution in [3.8, 4) is 5.75 Å². The molecular weight excluding hydrogens is 462 g/mol. The number of hydrogen-bond donors (Lipinski definition) is 2. The van der Waals surface area contributed by atoms with Gasteiger partial charge in [0.1, 0.15) is 5.75 Å². The molecule has 0 aromatic heterocycles. The van der Waals surface area contributed by atoms with Gasteiger partial charge in [0.2, 0.25) is 9.84 Å². The number of aliphatic hydroxyl groups excluding tert-OH is 1. The molecule has 3 aromatic rings. The molecule has 0 amide bonds. The van der Waals surface area contributed by atoms with Gasteiger partial charge in [-0.25, -0.2) is 8.42 Å². The van der Waals surface area contributed by atoms with Crippen LogP contribution in [0, 0.1) is 0 Å². The van der Waals surface area contributed by atoms with E-state index >= 15 is 0 Å². The van der Waals surface area contributed by atoms with Crippen molar-refractivity contribution in [1.82, 2.24) is 5.32 Å². The standard InChI is InChI=1S/C25H26ClNO5S/c1-2-25(29)32-21-7-4-8-23(16-21)33(30,31)22-11-9-18(10-12-22)13-14-27-17-24(28)19-5-3-6-20(26)15-19/h3-12,15-16,24,27-28H,2,13-14,17H2,1H3. The lowest BCUT2D eigenvalue weighted by Crippen LogP contribution is -2.23. The van der Waals surface area contributed by atoms with Crippen LogP contribution in [-0.2, 0) is 21.1 Å². The third-order valence-corrected chi connectivity index (χ3v) is 7.03. The smallest absolute Gasteiger partial charge is 0.310 e. The van der Waals surface area contributed by atoms with Gasteiger partial charge in [-0.05, 0) is 66.6 Å². The molecule has 3 aromatic carbocycles. The maximum atomic E-state index is 13.0. The minimum atomic E-state index is -3.74. The number of esters is 1. The number of rotatable bonds is 10. The molecule has 0 fully saturated rings. The van der Waals surface area contributed by atoms with E-state index in [1.807, 2.05) is 6.07 Å². The van der Waals surface area contributed by atoms with Gasteiger partial charge < -0.3 is 15.2 Å². The van der Waals surface area contributed by atoms with Crippen molar-refractivity contribution in [2.24, 2.45) is 0 Å². The number of ether oxygens (including phenoxy) is 1. The van der Waals surface area contributed by atoms with Gasteiger partial charge >= 0.3 is 5.97 Å². The van der Waals surface area contributed by atoms with E-state index in [1.54, 1.807) is 61.5 Å². The molecule has 0 aliphatic rings. The molecule has 2 N–H and O–H groups in total. The Bertz CT molecular complexity index is 1200. The predicted molar refractivity (Wildman–Crippen MR) is 127 cm³/mol. The first-order valence-electron chi connectivity index (χ1n) is 10.6. The Morgan fingerprint density at radius 1 is 1.03 bits per heavy atom. The molecule has 33 heavy (non-hydrogen) atoms. The molecule has 0 bridgehead atoms. The SMILES string of the molecule is CCC(=O)Oc1cccc(S(=O)(=O)c2ccc(CCNCC(O)c3cccc(Cl)c3)cc2)c1. The average molecular weight is 488 g/mol. The number of carbonyl (C=O) groups is 1. The van der Waals surface area contributed by atoms with E-state index in [1.165, 1.54) is 12.1 Å². The molecule has 0 saturated heterocycles. The van der Waals surface area contributed by atoms with Crippen LogP contribution < -0.4 is 10.1 Å². The van der Waals surface area contributed by atoms with Crippen molar-refractivity contribution in [3.05, 3.63) is 88.9 Å². The van der Waals surface area contributed by atoms with Crippen LogP contribution in [0.25, 0.3) is 0 Å². The number of halogens is 1. The molecule has 0 aliphatic carbocycles. The topological polar surface area (TPSA) is 92.7 Å². The zero-order valence-electron chi connectivity index (χ0n) is 18.2. The molecule has 0 spiro atoms. The highest BCUT2D eigenvalue weighted by Gasteiger charge is 2.18. The highest BCUT2D eigenvalue weighted by atomic mass is 35.5. The first kappa shape index (κ1) is 24.9. The monoisotopic (exact) mass is 487 g/mol. The summed E-state index contributed by atoms with van der Waals surface area (Å²) in [5, 5.41) is 14.0. The van der Waals surface area contributed by atoms with Crippen LogP contribution in [0.4, 0.5) is 0 Å². The highest BCUT2D eigenvalue weighted by Crippen LogP contribution is 2.25. The minimum Gasteiger partial charge on any atom is -0.426 e. The molecule has 6 nitrogen and oxygen atoms in total. The van der Waals surface area contributed by atoms with E-state index in [2.05, 4.69) is 5.32 Å². The van der Waals surface area contributed by atoms with Crippen molar-refractivity contribution in [2.75, 3.05) is 13.1 Å². The van der Waals surface area contributed by atoms with Crippen molar-refractivity contribution in [1.29, 1.82) is 0 Å². The van der Waals surface area contributed by atoms with Crippen molar-refractivity contribution in [3.63, 3.8) is 0 Å². The van der Waals surface area contributed by atoms with Gasteiger partial charge in [0.05, 0.1) is 15.9 Å². The summed E-state index contributed by atoms with van der Waals surface area (Å²) in [7, 11) is -3.74.